The van der Waals surface area contributed by atoms with Crippen LogP contribution in [0.15, 0.2) is 61.7 Å². The summed E-state index contributed by atoms with van der Waals surface area (Å²) in [5.74, 6) is 13.1. The van der Waals surface area contributed by atoms with Crippen LogP contribution in [0.5, 0.6) is 11.5 Å². The second kappa shape index (κ2) is 19.6. The zero-order valence-corrected chi connectivity index (χ0v) is 41.9. The highest BCUT2D eigenvalue weighted by Gasteiger charge is 2.47. The first-order valence-corrected chi connectivity index (χ1v) is 23.4. The summed E-state index contributed by atoms with van der Waals surface area (Å²) in [4.78, 5) is 46.2. The number of amides is 2. The topological polar surface area (TPSA) is 185 Å². The van der Waals surface area contributed by atoms with Gasteiger partial charge in [-0.1, -0.05) is 53.8 Å². The highest BCUT2D eigenvalue weighted by molar-refractivity contribution is 6.32. The normalized spacial score (nSPS) is 16.3. The molecule has 2 aromatic carbocycles. The Morgan fingerprint density at radius 3 is 1.63 bits per heavy atom. The Bertz CT molecular complexity index is 3220. The highest BCUT2D eigenvalue weighted by Crippen LogP contribution is 2.41. The van der Waals surface area contributed by atoms with Crippen molar-refractivity contribution in [1.82, 2.24) is 43.8 Å². The predicted octanol–water partition coefficient (Wildman–Crippen LogP) is 7.62. The summed E-state index contributed by atoms with van der Waals surface area (Å²) in [5, 5.41) is 2.15. The van der Waals surface area contributed by atoms with E-state index in [9.17, 15) is 9.59 Å². The van der Waals surface area contributed by atoms with Crippen LogP contribution in [0, 0.1) is 23.7 Å². The average Bonchev–Trinajstić information content (AvgIpc) is 3.78. The van der Waals surface area contributed by atoms with Gasteiger partial charge in [-0.2, -0.15) is 0 Å². The van der Waals surface area contributed by atoms with Crippen molar-refractivity contribution in [2.24, 2.45) is 14.1 Å². The van der Waals surface area contributed by atoms with Gasteiger partial charge < -0.3 is 39.7 Å². The number of anilines is 2. The molecular formula is C51H53Cl2F2N11O5. The fraction of sp³-hybridized carbons (Fsp3) is 0.373. The largest absolute Gasteiger partial charge is 0.495 e. The molecule has 2 amide bonds. The van der Waals surface area contributed by atoms with E-state index in [0.29, 0.717) is 85.0 Å². The Balaban J connectivity index is 0.000000191. The van der Waals surface area contributed by atoms with E-state index in [1.165, 1.54) is 30.7 Å². The molecule has 0 radical (unpaired) electrons. The van der Waals surface area contributed by atoms with Crippen molar-refractivity contribution in [2.45, 2.75) is 56.6 Å². The molecule has 9 rings (SSSR count). The van der Waals surface area contributed by atoms with Crippen LogP contribution in [0.3, 0.4) is 0 Å². The molecule has 3 saturated heterocycles. The molecule has 16 nitrogen and oxygen atoms in total. The van der Waals surface area contributed by atoms with Crippen molar-refractivity contribution >= 4 is 68.9 Å². The Labute approximate surface area is 419 Å². The lowest BCUT2D eigenvalue weighted by Crippen LogP contribution is -2.63. The maximum Gasteiger partial charge on any atom is 0.410 e. The van der Waals surface area contributed by atoms with Crippen LogP contribution in [0.4, 0.5) is 25.2 Å². The first-order chi connectivity index (χ1) is 33.7. The molecule has 0 aliphatic carbocycles. The van der Waals surface area contributed by atoms with Gasteiger partial charge in [-0.05, 0) is 86.9 Å². The number of alkyl halides is 2. The molecule has 370 valence electrons. The minimum atomic E-state index is -1.86. The number of methoxy groups -OCH3 is 2. The van der Waals surface area contributed by atoms with Gasteiger partial charge in [0.25, 0.3) is 0 Å². The van der Waals surface area contributed by atoms with Crippen molar-refractivity contribution in [3.05, 3.63) is 83.1 Å². The zero-order chi connectivity index (χ0) is 51.2. The van der Waals surface area contributed by atoms with Crippen LogP contribution in [0.2, 0.25) is 10.0 Å². The number of nitrogen functional groups attached to an aromatic ring is 2. The molecule has 20 heteroatoms. The summed E-state index contributed by atoms with van der Waals surface area (Å²) in [5.41, 5.74) is 13.4. The van der Waals surface area contributed by atoms with Crippen LogP contribution in [0.25, 0.3) is 44.3 Å². The van der Waals surface area contributed by atoms with E-state index in [1.807, 2.05) is 17.7 Å². The van der Waals surface area contributed by atoms with Gasteiger partial charge >= 0.3 is 6.09 Å². The first kappa shape index (κ1) is 50.3. The molecule has 7 heterocycles. The number of likely N-dealkylation sites (tertiary alicyclic amines) is 3. The molecule has 6 aromatic rings. The maximum atomic E-state index is 15.6. The van der Waals surface area contributed by atoms with Crippen LogP contribution in [-0.4, -0.2) is 132 Å². The first-order valence-electron chi connectivity index (χ1n) is 22.6. The number of fused-ring (bicyclic) bond motifs is 2. The number of rotatable bonds is 6. The number of benzene rings is 2. The van der Waals surface area contributed by atoms with Crippen LogP contribution >= 0.6 is 23.2 Å². The number of ether oxygens (including phenoxy) is 3. The van der Waals surface area contributed by atoms with Gasteiger partial charge in [0, 0.05) is 57.4 Å². The van der Waals surface area contributed by atoms with Gasteiger partial charge in [-0.3, -0.25) is 14.6 Å². The van der Waals surface area contributed by atoms with Crippen molar-refractivity contribution < 1.29 is 32.6 Å². The van der Waals surface area contributed by atoms with E-state index in [4.69, 9.17) is 48.9 Å². The van der Waals surface area contributed by atoms with Crippen LogP contribution < -0.4 is 20.9 Å². The molecule has 3 fully saturated rings. The fourth-order valence-electron chi connectivity index (χ4n) is 8.99. The maximum absolute atomic E-state index is 15.6. The molecule has 0 unspecified atom stereocenters. The van der Waals surface area contributed by atoms with Crippen molar-refractivity contribution in [3.63, 3.8) is 0 Å². The fourth-order valence-corrected chi connectivity index (χ4v) is 9.38. The number of hydrogen-bond acceptors (Lipinski definition) is 12. The summed E-state index contributed by atoms with van der Waals surface area (Å²) in [7, 11) is 6.66. The number of piperidine rings is 1. The summed E-state index contributed by atoms with van der Waals surface area (Å²) < 4.78 is 50.5. The van der Waals surface area contributed by atoms with Gasteiger partial charge in [0.1, 0.15) is 64.1 Å². The number of hydrogen-bond donors (Lipinski definition) is 2. The van der Waals surface area contributed by atoms with Crippen LogP contribution in [-0.2, 0) is 23.6 Å². The van der Waals surface area contributed by atoms with Crippen molar-refractivity contribution in [3.8, 4) is 57.4 Å². The minimum Gasteiger partial charge on any atom is -0.495 e. The van der Waals surface area contributed by atoms with E-state index >= 15 is 8.78 Å². The third-order valence-corrected chi connectivity index (χ3v) is 13.2. The molecule has 3 aliphatic heterocycles. The smallest absolute Gasteiger partial charge is 0.410 e. The lowest BCUT2D eigenvalue weighted by Gasteiger charge is -2.48. The van der Waals surface area contributed by atoms with Crippen molar-refractivity contribution in [1.29, 1.82) is 0 Å². The van der Waals surface area contributed by atoms with E-state index in [1.54, 1.807) is 74.7 Å². The van der Waals surface area contributed by atoms with Gasteiger partial charge in [0.2, 0.25) is 11.6 Å². The highest BCUT2D eigenvalue weighted by atomic mass is 35.5. The second-order valence-electron chi connectivity index (χ2n) is 18.6. The molecule has 0 saturated carbocycles. The van der Waals surface area contributed by atoms with Gasteiger partial charge in [-0.15, -0.1) is 0 Å². The zero-order valence-electron chi connectivity index (χ0n) is 40.4. The predicted molar refractivity (Wildman–Crippen MR) is 270 cm³/mol. The van der Waals surface area contributed by atoms with E-state index in [2.05, 4.69) is 55.1 Å². The molecule has 71 heavy (non-hydrogen) atoms. The summed E-state index contributed by atoms with van der Waals surface area (Å²) in [6.45, 7) is 10.3. The second-order valence-corrected chi connectivity index (χ2v) is 19.4. The number of carbonyl (C=O) groups excluding carboxylic acids is 2. The monoisotopic (exact) mass is 1010 g/mol. The third kappa shape index (κ3) is 10.1. The number of aryl methyl sites for hydroxylation is 2. The van der Waals surface area contributed by atoms with E-state index < -0.39 is 23.0 Å². The quantitative estimate of drug-likeness (QED) is 0.123. The van der Waals surface area contributed by atoms with E-state index in [0.717, 1.165) is 24.0 Å². The van der Waals surface area contributed by atoms with Gasteiger partial charge in [0.05, 0.1) is 48.1 Å². The molecule has 4 N–H and O–H groups in total. The Morgan fingerprint density at radius 2 is 1.21 bits per heavy atom. The molecule has 3 aliphatic rings. The average molecular weight is 1010 g/mol. The van der Waals surface area contributed by atoms with Gasteiger partial charge in [0.15, 0.2) is 5.67 Å². The number of nitrogens with two attached hydrogens (primary N) is 2. The molecule has 0 bridgehead atoms. The molecular weight excluding hydrogens is 956 g/mol. The minimum absolute atomic E-state index is 0.0536. The van der Waals surface area contributed by atoms with Crippen LogP contribution in [0.1, 0.15) is 45.0 Å². The Hall–Kier alpha value is -7.12. The number of carbonyl (C=O) groups is 2. The number of nitrogens with zero attached hydrogens (tertiary/aromatic N) is 9. The van der Waals surface area contributed by atoms with Gasteiger partial charge in [-0.25, -0.2) is 33.5 Å². The lowest BCUT2D eigenvalue weighted by atomic mass is 9.91. The summed E-state index contributed by atoms with van der Waals surface area (Å²) in [6.07, 6.45) is 5.16. The molecule has 0 atom stereocenters. The van der Waals surface area contributed by atoms with E-state index in [-0.39, 0.29) is 43.9 Å². The summed E-state index contributed by atoms with van der Waals surface area (Å²) >= 11 is 12.5. The lowest BCUT2D eigenvalue weighted by molar-refractivity contribution is -0.128. The third-order valence-electron chi connectivity index (χ3n) is 12.6. The number of halogens is 4. The van der Waals surface area contributed by atoms with Crippen molar-refractivity contribution in [2.75, 3.05) is 65.0 Å². The number of aromatic nitrogens is 6. The standard InChI is InChI=1S/C27H28ClFN6O2.C24H25ClFN5O3/c1-4-22(36)34-11-8-18(9-12-34)35-14-27(29,15-35)10-7-20-23(17-5-6-19(28)21(13-17)37-3)24-25(30)31-16-32-26(24)33(20)2;1-23(2,3)34-22(32)31-11-24(26,12-31)9-8-16-18(14-6-7-15(25)17(10-14)33-5)19-20(27)28-13-29-21(19)30(16)4/h4-6,13,16,18H,1,8-9,11-12,14-15H2,2-3H3,(H2,30,31,32);6-7,10,13H,11-12H2,1-5H3,(H2,27,28,29). The Morgan fingerprint density at radius 1 is 0.761 bits per heavy atom. The molecule has 4 aromatic heterocycles. The summed E-state index contributed by atoms with van der Waals surface area (Å²) in [6, 6.07) is 10.9. The SMILES string of the molecule is C=CC(=O)N1CCC(N2CC(F)(C#Cc3c(-c4ccc(Cl)c(OC)c4)c4c(N)ncnc4n3C)C2)CC1.COc1cc(-c2c(C#CC3(F)CN(C(=O)OC(C)(C)C)C3)n(C)c3ncnc(N)c23)ccc1Cl. The Kier molecular flexibility index (Phi) is 13.9. The molecule has 0 spiro atoms.